The topological polar surface area (TPSA) is 66.5 Å². The molecule has 28 heavy (non-hydrogen) atoms. The van der Waals surface area contributed by atoms with Gasteiger partial charge >= 0.3 is 0 Å². The van der Waals surface area contributed by atoms with Crippen LogP contribution in [0.5, 0.6) is 0 Å². The number of imide groups is 1. The smallest absolute Gasteiger partial charge is 0.293 e. The van der Waals surface area contributed by atoms with Crippen LogP contribution < -0.4 is 5.32 Å². The van der Waals surface area contributed by atoms with E-state index in [1.165, 1.54) is 9.78 Å². The number of halogens is 1. The Bertz CT molecular complexity index is 879. The van der Waals surface area contributed by atoms with Gasteiger partial charge in [-0.2, -0.15) is 0 Å². The van der Waals surface area contributed by atoms with Crippen molar-refractivity contribution in [3.63, 3.8) is 0 Å². The maximum absolute atomic E-state index is 12.4. The molecule has 1 fully saturated rings. The van der Waals surface area contributed by atoms with Crippen LogP contribution in [0.3, 0.4) is 0 Å². The lowest BCUT2D eigenvalue weighted by molar-refractivity contribution is -0.124. The van der Waals surface area contributed by atoms with Crippen LogP contribution in [0.1, 0.15) is 23.3 Å². The molecule has 2 aromatic rings. The van der Waals surface area contributed by atoms with Crippen LogP contribution in [0.15, 0.2) is 46.7 Å². The van der Waals surface area contributed by atoms with Gasteiger partial charge in [0.05, 0.1) is 4.91 Å². The van der Waals surface area contributed by atoms with E-state index in [2.05, 4.69) is 11.4 Å². The highest BCUT2D eigenvalue weighted by molar-refractivity contribution is 8.18. The maximum Gasteiger partial charge on any atom is 0.293 e. The average molecular weight is 435 g/mol. The summed E-state index contributed by atoms with van der Waals surface area (Å²) in [6.45, 7) is 0.420. The zero-order valence-corrected chi connectivity index (χ0v) is 17.4. The molecule has 2 heterocycles. The Balaban J connectivity index is 1.44. The summed E-state index contributed by atoms with van der Waals surface area (Å²) in [5.74, 6) is -0.405. The van der Waals surface area contributed by atoms with Crippen molar-refractivity contribution in [2.75, 3.05) is 13.1 Å². The molecule has 1 aromatic heterocycles. The highest BCUT2D eigenvalue weighted by Gasteiger charge is 2.34. The van der Waals surface area contributed by atoms with Crippen molar-refractivity contribution in [1.29, 1.82) is 0 Å². The van der Waals surface area contributed by atoms with Gasteiger partial charge in [0.2, 0.25) is 5.91 Å². The molecule has 0 radical (unpaired) electrons. The first-order valence-corrected chi connectivity index (χ1v) is 10.9. The van der Waals surface area contributed by atoms with Gasteiger partial charge in [-0.3, -0.25) is 19.3 Å². The van der Waals surface area contributed by atoms with E-state index in [0.717, 1.165) is 30.2 Å². The number of thiophene rings is 1. The van der Waals surface area contributed by atoms with Crippen molar-refractivity contribution in [1.82, 2.24) is 10.2 Å². The summed E-state index contributed by atoms with van der Waals surface area (Å²) in [6.07, 6.45) is 3.75. The van der Waals surface area contributed by atoms with Gasteiger partial charge in [-0.25, -0.2) is 0 Å². The molecule has 1 saturated heterocycles. The second-order valence-corrected chi connectivity index (χ2v) is 8.63. The molecule has 0 unspecified atom stereocenters. The second kappa shape index (κ2) is 9.91. The summed E-state index contributed by atoms with van der Waals surface area (Å²) in [5.41, 5.74) is 0.800. The summed E-state index contributed by atoms with van der Waals surface area (Å²) >= 11 is 8.44. The highest BCUT2D eigenvalue weighted by Crippen LogP contribution is 2.32. The number of hydrogen-bond acceptors (Lipinski definition) is 5. The van der Waals surface area contributed by atoms with Crippen molar-refractivity contribution in [3.8, 4) is 0 Å². The number of hydrogen-bond donors (Lipinski definition) is 1. The number of benzene rings is 1. The number of thioether (sulfide) groups is 1. The Kier molecular flexibility index (Phi) is 7.30. The Hall–Kier alpha value is -2.09. The molecule has 1 aliphatic heterocycles. The van der Waals surface area contributed by atoms with E-state index >= 15 is 0 Å². The van der Waals surface area contributed by atoms with Crippen molar-refractivity contribution in [2.24, 2.45) is 0 Å². The van der Waals surface area contributed by atoms with E-state index in [4.69, 9.17) is 11.6 Å². The molecular formula is C20H19ClN2O3S2. The van der Waals surface area contributed by atoms with E-state index in [-0.39, 0.29) is 30.1 Å². The molecule has 3 rings (SSSR count). The number of nitrogens with one attached hydrogen (secondary N) is 1. The van der Waals surface area contributed by atoms with Crippen molar-refractivity contribution in [2.45, 2.75) is 19.3 Å². The molecule has 0 atom stereocenters. The fraction of sp³-hybridized carbons (Fsp3) is 0.250. The van der Waals surface area contributed by atoms with E-state index in [1.54, 1.807) is 41.7 Å². The van der Waals surface area contributed by atoms with E-state index in [0.29, 0.717) is 16.3 Å². The zero-order chi connectivity index (χ0) is 19.9. The lowest BCUT2D eigenvalue weighted by Crippen LogP contribution is -2.37. The first-order chi connectivity index (χ1) is 13.5. The van der Waals surface area contributed by atoms with Crippen LogP contribution in [0.4, 0.5) is 4.79 Å². The van der Waals surface area contributed by atoms with Crippen LogP contribution in [-0.4, -0.2) is 35.0 Å². The van der Waals surface area contributed by atoms with Crippen molar-refractivity contribution < 1.29 is 14.4 Å². The average Bonchev–Trinajstić information content (AvgIpc) is 3.27. The Morgan fingerprint density at radius 2 is 1.96 bits per heavy atom. The van der Waals surface area contributed by atoms with Gasteiger partial charge < -0.3 is 5.32 Å². The zero-order valence-electron chi connectivity index (χ0n) is 15.0. The normalized spacial score (nSPS) is 15.5. The molecule has 0 aliphatic carbocycles. The molecular weight excluding hydrogens is 416 g/mol. The standard InChI is InChI=1S/C20H19ClN2O3S2/c21-15-8-6-14(7-9-15)13-17-19(25)23(20(26)28-17)11-10-22-18(24)5-1-3-16-4-2-12-27-16/h2,4,6-9,12-13H,1,3,5,10-11H2,(H,22,24)/b17-13-. The van der Waals surface area contributed by atoms with Crippen LogP contribution in [0.25, 0.3) is 6.08 Å². The number of rotatable bonds is 8. The second-order valence-electron chi connectivity index (χ2n) is 6.17. The van der Waals surface area contributed by atoms with Crippen molar-refractivity contribution >= 4 is 57.8 Å². The summed E-state index contributed by atoms with van der Waals surface area (Å²) in [5, 5.41) is 5.08. The third-order valence-electron chi connectivity index (χ3n) is 4.11. The van der Waals surface area contributed by atoms with Gasteiger partial charge in [-0.05, 0) is 59.8 Å². The molecule has 0 saturated carbocycles. The predicted molar refractivity (Wildman–Crippen MR) is 114 cm³/mol. The number of carbonyl (C=O) groups is 3. The van der Waals surface area contributed by atoms with Gasteiger partial charge in [0.1, 0.15) is 0 Å². The van der Waals surface area contributed by atoms with E-state index < -0.39 is 0 Å². The van der Waals surface area contributed by atoms with Crippen LogP contribution >= 0.6 is 34.7 Å². The van der Waals surface area contributed by atoms with Gasteiger partial charge in [0.25, 0.3) is 11.1 Å². The molecule has 146 valence electrons. The lowest BCUT2D eigenvalue weighted by Gasteiger charge is -2.13. The largest absolute Gasteiger partial charge is 0.354 e. The number of carbonyl (C=O) groups excluding carboxylic acids is 3. The molecule has 0 spiro atoms. The van der Waals surface area contributed by atoms with Gasteiger partial charge in [0, 0.05) is 29.4 Å². The maximum atomic E-state index is 12.4. The molecule has 1 aliphatic rings. The summed E-state index contributed by atoms with van der Waals surface area (Å²) in [7, 11) is 0. The summed E-state index contributed by atoms with van der Waals surface area (Å²) in [6, 6.07) is 11.1. The fourth-order valence-electron chi connectivity index (χ4n) is 2.68. The van der Waals surface area contributed by atoms with Gasteiger partial charge in [0.15, 0.2) is 0 Å². The van der Waals surface area contributed by atoms with E-state index in [9.17, 15) is 14.4 Å². The molecule has 5 nitrogen and oxygen atoms in total. The summed E-state index contributed by atoms with van der Waals surface area (Å²) in [4.78, 5) is 39.3. The van der Waals surface area contributed by atoms with Gasteiger partial charge in [-0.15, -0.1) is 11.3 Å². The highest BCUT2D eigenvalue weighted by atomic mass is 35.5. The minimum Gasteiger partial charge on any atom is -0.354 e. The van der Waals surface area contributed by atoms with E-state index in [1.807, 2.05) is 11.4 Å². The third kappa shape index (κ3) is 5.70. The Labute approximate surface area is 176 Å². The molecule has 8 heteroatoms. The number of nitrogens with zero attached hydrogens (tertiary/aromatic N) is 1. The minimum absolute atomic E-state index is 0.0692. The first-order valence-electron chi connectivity index (χ1n) is 8.83. The Morgan fingerprint density at radius 1 is 1.18 bits per heavy atom. The third-order valence-corrected chi connectivity index (χ3v) is 6.20. The van der Waals surface area contributed by atoms with Gasteiger partial charge in [-0.1, -0.05) is 29.8 Å². The Morgan fingerprint density at radius 3 is 2.68 bits per heavy atom. The van der Waals surface area contributed by atoms with Crippen LogP contribution in [0.2, 0.25) is 5.02 Å². The minimum atomic E-state index is -0.336. The molecule has 0 bridgehead atoms. The fourth-order valence-corrected chi connectivity index (χ4v) is 4.42. The van der Waals surface area contributed by atoms with Crippen LogP contribution in [0, 0.1) is 0 Å². The number of amides is 3. The van der Waals surface area contributed by atoms with Crippen LogP contribution in [-0.2, 0) is 16.0 Å². The molecule has 1 N–H and O–H groups in total. The number of aryl methyl sites for hydroxylation is 1. The predicted octanol–water partition coefficient (Wildman–Crippen LogP) is 4.58. The molecule has 1 aromatic carbocycles. The SMILES string of the molecule is O=C(CCCc1cccs1)NCCN1C(=O)S/C(=C\c2ccc(Cl)cc2)C1=O. The van der Waals surface area contributed by atoms with Crippen molar-refractivity contribution in [3.05, 3.63) is 62.1 Å². The lowest BCUT2D eigenvalue weighted by atomic mass is 10.2. The first kappa shape index (κ1) is 20.6. The summed E-state index contributed by atoms with van der Waals surface area (Å²) < 4.78 is 0. The quantitative estimate of drug-likeness (QED) is 0.617. The monoisotopic (exact) mass is 434 g/mol. The molecule has 3 amide bonds.